The molecule has 2 aromatic rings. The van der Waals surface area contributed by atoms with Crippen molar-refractivity contribution in [3.05, 3.63) is 48.0 Å². The van der Waals surface area contributed by atoms with Crippen LogP contribution in [0.3, 0.4) is 0 Å². The summed E-state index contributed by atoms with van der Waals surface area (Å²) in [5.41, 5.74) is 0.523. The zero-order valence-electron chi connectivity index (χ0n) is 11.0. The van der Waals surface area contributed by atoms with Gasteiger partial charge in [0, 0.05) is 12.4 Å². The van der Waals surface area contributed by atoms with Gasteiger partial charge in [-0.15, -0.1) is 0 Å². The largest absolute Gasteiger partial charge is 0.496 e. The fourth-order valence-electron chi connectivity index (χ4n) is 1.90. The van der Waals surface area contributed by atoms with Crippen LogP contribution in [0.1, 0.15) is 35.6 Å². The first-order valence-electron chi connectivity index (χ1n) is 6.19. The summed E-state index contributed by atoms with van der Waals surface area (Å²) in [6.07, 6.45) is 4.18. The van der Waals surface area contributed by atoms with Crippen LogP contribution in [0.15, 0.2) is 36.7 Å². The molecule has 0 saturated carbocycles. The van der Waals surface area contributed by atoms with Crippen molar-refractivity contribution < 1.29 is 9.53 Å². The minimum atomic E-state index is -0.166. The number of H-pyrrole nitrogens is 1. The Hall–Kier alpha value is -2.30. The lowest BCUT2D eigenvalue weighted by atomic mass is 10.1. The number of carbonyl (C=O) groups excluding carboxylic acids is 1. The first-order valence-corrected chi connectivity index (χ1v) is 6.19. The van der Waals surface area contributed by atoms with Crippen molar-refractivity contribution in [3.8, 4) is 5.75 Å². The molecule has 1 atom stereocenters. The van der Waals surface area contributed by atoms with Crippen LogP contribution in [0.2, 0.25) is 0 Å². The summed E-state index contributed by atoms with van der Waals surface area (Å²) in [4.78, 5) is 19.4. The van der Waals surface area contributed by atoms with E-state index in [1.807, 2.05) is 19.1 Å². The molecule has 2 N–H and O–H groups in total. The highest BCUT2D eigenvalue weighted by atomic mass is 16.5. The lowest BCUT2D eigenvalue weighted by molar-refractivity contribution is 0.0931. The van der Waals surface area contributed by atoms with E-state index in [0.29, 0.717) is 11.3 Å². The van der Waals surface area contributed by atoms with E-state index < -0.39 is 0 Å². The molecule has 1 aromatic heterocycles. The Morgan fingerprint density at radius 3 is 2.89 bits per heavy atom. The molecule has 0 aliphatic rings. The average Bonchev–Trinajstić information content (AvgIpc) is 2.98. The van der Waals surface area contributed by atoms with E-state index in [-0.39, 0.29) is 11.9 Å². The van der Waals surface area contributed by atoms with E-state index in [1.165, 1.54) is 0 Å². The first kappa shape index (κ1) is 13.1. The molecule has 1 heterocycles. The molecule has 0 saturated heterocycles. The van der Waals surface area contributed by atoms with Gasteiger partial charge in [0.2, 0.25) is 0 Å². The standard InChI is InChI=1S/C14H17N3O2/c1-3-11(13-15-8-9-16-13)17-14(18)10-6-4-5-7-12(10)19-2/h4-9,11H,3H2,1-2H3,(H,15,16)(H,17,18). The number of benzene rings is 1. The van der Waals surface area contributed by atoms with Crippen molar-refractivity contribution in [1.29, 1.82) is 0 Å². The Morgan fingerprint density at radius 2 is 2.26 bits per heavy atom. The minimum Gasteiger partial charge on any atom is -0.496 e. The van der Waals surface area contributed by atoms with Crippen LogP contribution in [0.4, 0.5) is 0 Å². The fourth-order valence-corrected chi connectivity index (χ4v) is 1.90. The normalized spacial score (nSPS) is 11.9. The monoisotopic (exact) mass is 259 g/mol. The van der Waals surface area contributed by atoms with Gasteiger partial charge in [-0.05, 0) is 18.6 Å². The Morgan fingerprint density at radius 1 is 1.47 bits per heavy atom. The second-order valence-electron chi connectivity index (χ2n) is 4.11. The molecule has 5 heteroatoms. The smallest absolute Gasteiger partial charge is 0.255 e. The molecule has 0 radical (unpaired) electrons. The van der Waals surface area contributed by atoms with Gasteiger partial charge in [0.1, 0.15) is 11.6 Å². The summed E-state index contributed by atoms with van der Waals surface area (Å²) in [6.45, 7) is 2.00. The number of aromatic amines is 1. The molecule has 0 bridgehead atoms. The number of imidazole rings is 1. The SMILES string of the molecule is CCC(NC(=O)c1ccccc1OC)c1ncc[nH]1. The van der Waals surface area contributed by atoms with Crippen molar-refractivity contribution in [2.45, 2.75) is 19.4 Å². The molecule has 2 rings (SSSR count). The van der Waals surface area contributed by atoms with E-state index in [1.54, 1.807) is 31.6 Å². The van der Waals surface area contributed by atoms with Crippen LogP contribution in [-0.4, -0.2) is 23.0 Å². The molecule has 0 aliphatic heterocycles. The number of carbonyl (C=O) groups is 1. The topological polar surface area (TPSA) is 67.0 Å². The van der Waals surface area contributed by atoms with Crippen molar-refractivity contribution in [2.75, 3.05) is 7.11 Å². The van der Waals surface area contributed by atoms with Gasteiger partial charge in [-0.1, -0.05) is 19.1 Å². The Bertz CT molecular complexity index is 537. The predicted octanol–water partition coefficient (Wildman–Crippen LogP) is 2.30. The van der Waals surface area contributed by atoms with Gasteiger partial charge in [0.25, 0.3) is 5.91 Å². The molecular formula is C14H17N3O2. The molecule has 19 heavy (non-hydrogen) atoms. The van der Waals surface area contributed by atoms with Gasteiger partial charge in [-0.25, -0.2) is 4.98 Å². The zero-order valence-corrected chi connectivity index (χ0v) is 11.0. The van der Waals surface area contributed by atoms with Crippen LogP contribution in [0, 0.1) is 0 Å². The zero-order chi connectivity index (χ0) is 13.7. The number of nitrogens with one attached hydrogen (secondary N) is 2. The number of rotatable bonds is 5. The lowest BCUT2D eigenvalue weighted by Gasteiger charge is -2.15. The van der Waals surface area contributed by atoms with Crippen LogP contribution in [0.25, 0.3) is 0 Å². The van der Waals surface area contributed by atoms with E-state index >= 15 is 0 Å². The third kappa shape index (κ3) is 2.93. The predicted molar refractivity (Wildman–Crippen MR) is 72.1 cm³/mol. The second kappa shape index (κ2) is 6.04. The van der Waals surface area contributed by atoms with Crippen molar-refractivity contribution in [2.24, 2.45) is 0 Å². The highest BCUT2D eigenvalue weighted by molar-refractivity contribution is 5.97. The summed E-state index contributed by atoms with van der Waals surface area (Å²) in [7, 11) is 1.55. The first-order chi connectivity index (χ1) is 9.26. The van der Waals surface area contributed by atoms with E-state index in [0.717, 1.165) is 12.2 Å². The number of aromatic nitrogens is 2. The average molecular weight is 259 g/mol. The molecule has 5 nitrogen and oxygen atoms in total. The van der Waals surface area contributed by atoms with Gasteiger partial charge in [-0.2, -0.15) is 0 Å². The van der Waals surface area contributed by atoms with Crippen molar-refractivity contribution in [1.82, 2.24) is 15.3 Å². The van der Waals surface area contributed by atoms with Crippen LogP contribution in [-0.2, 0) is 0 Å². The van der Waals surface area contributed by atoms with Gasteiger partial charge in [-0.3, -0.25) is 4.79 Å². The van der Waals surface area contributed by atoms with Crippen LogP contribution >= 0.6 is 0 Å². The maximum atomic E-state index is 12.3. The number of amides is 1. The molecular weight excluding hydrogens is 242 g/mol. The second-order valence-corrected chi connectivity index (χ2v) is 4.11. The third-order valence-electron chi connectivity index (χ3n) is 2.91. The highest BCUT2D eigenvalue weighted by Crippen LogP contribution is 2.19. The van der Waals surface area contributed by atoms with E-state index in [9.17, 15) is 4.79 Å². The van der Waals surface area contributed by atoms with Gasteiger partial charge in [0.05, 0.1) is 18.7 Å². The van der Waals surface area contributed by atoms with Crippen molar-refractivity contribution >= 4 is 5.91 Å². The minimum absolute atomic E-state index is 0.132. The molecule has 1 amide bonds. The number of nitrogens with zero attached hydrogens (tertiary/aromatic N) is 1. The van der Waals surface area contributed by atoms with Crippen LogP contribution in [0.5, 0.6) is 5.75 Å². The van der Waals surface area contributed by atoms with Gasteiger partial charge >= 0.3 is 0 Å². The van der Waals surface area contributed by atoms with E-state index in [4.69, 9.17) is 4.74 Å². The summed E-state index contributed by atoms with van der Waals surface area (Å²) >= 11 is 0. The highest BCUT2D eigenvalue weighted by Gasteiger charge is 2.18. The molecule has 0 aliphatic carbocycles. The molecule has 1 aromatic carbocycles. The molecule has 0 fully saturated rings. The van der Waals surface area contributed by atoms with Crippen molar-refractivity contribution in [3.63, 3.8) is 0 Å². The Balaban J connectivity index is 2.16. The Labute approximate surface area is 112 Å². The maximum absolute atomic E-state index is 12.3. The maximum Gasteiger partial charge on any atom is 0.255 e. The lowest BCUT2D eigenvalue weighted by Crippen LogP contribution is -2.29. The van der Waals surface area contributed by atoms with E-state index in [2.05, 4.69) is 15.3 Å². The number of hydrogen-bond donors (Lipinski definition) is 2. The van der Waals surface area contributed by atoms with Gasteiger partial charge < -0.3 is 15.0 Å². The number of hydrogen-bond acceptors (Lipinski definition) is 3. The molecule has 100 valence electrons. The summed E-state index contributed by atoms with van der Waals surface area (Å²) in [5.74, 6) is 1.15. The summed E-state index contributed by atoms with van der Waals surface area (Å²) < 4.78 is 5.19. The number of methoxy groups -OCH3 is 1. The van der Waals surface area contributed by atoms with Gasteiger partial charge in [0.15, 0.2) is 0 Å². The molecule has 0 spiro atoms. The van der Waals surface area contributed by atoms with Crippen LogP contribution < -0.4 is 10.1 Å². The Kier molecular flexibility index (Phi) is 4.18. The molecule has 1 unspecified atom stereocenters. The summed E-state index contributed by atoms with van der Waals surface area (Å²) in [5, 5.41) is 2.95. The number of ether oxygens (including phenoxy) is 1. The number of para-hydroxylation sites is 1. The summed E-state index contributed by atoms with van der Waals surface area (Å²) in [6, 6.07) is 7.02. The third-order valence-corrected chi connectivity index (χ3v) is 2.91. The fraction of sp³-hybridized carbons (Fsp3) is 0.286. The quantitative estimate of drug-likeness (QED) is 0.865.